The van der Waals surface area contributed by atoms with E-state index >= 15 is 0 Å². The average Bonchev–Trinajstić information content (AvgIpc) is 3.08. The van der Waals surface area contributed by atoms with E-state index in [-0.39, 0.29) is 17.5 Å². The molecule has 3 aromatic rings. The van der Waals surface area contributed by atoms with Gasteiger partial charge in [0.2, 0.25) is 0 Å². The number of rotatable bonds is 4. The number of nitrogens with zero attached hydrogens (tertiary/aromatic N) is 3. The van der Waals surface area contributed by atoms with Gasteiger partial charge in [-0.15, -0.1) is 0 Å². The SMILES string of the molecule is Cc1cc(Br)ccc1NC(=O)c1cc2n(n1)CCCN(Cc1ccccc1)C2=O. The van der Waals surface area contributed by atoms with Gasteiger partial charge in [0.1, 0.15) is 5.69 Å². The molecule has 0 radical (unpaired) electrons. The highest BCUT2D eigenvalue weighted by atomic mass is 79.9. The van der Waals surface area contributed by atoms with Gasteiger partial charge >= 0.3 is 0 Å². The van der Waals surface area contributed by atoms with Gasteiger partial charge in [-0.25, -0.2) is 0 Å². The molecule has 0 bridgehead atoms. The third-order valence-electron chi connectivity index (χ3n) is 4.97. The molecular weight excluding hydrogens is 432 g/mol. The summed E-state index contributed by atoms with van der Waals surface area (Å²) in [4.78, 5) is 27.6. The first kappa shape index (κ1) is 19.4. The van der Waals surface area contributed by atoms with Crippen LogP contribution in [-0.2, 0) is 13.1 Å². The molecule has 0 unspecified atom stereocenters. The third kappa shape index (κ3) is 4.24. The number of hydrogen-bond acceptors (Lipinski definition) is 3. The number of anilines is 1. The number of amides is 2. The Morgan fingerprint density at radius 2 is 1.93 bits per heavy atom. The number of halogens is 1. The Labute approximate surface area is 177 Å². The molecule has 2 amide bonds. The lowest BCUT2D eigenvalue weighted by Gasteiger charge is -2.20. The minimum atomic E-state index is -0.321. The molecule has 0 aliphatic carbocycles. The van der Waals surface area contributed by atoms with Crippen molar-refractivity contribution in [3.63, 3.8) is 0 Å². The number of carbonyl (C=O) groups is 2. The molecule has 1 aliphatic heterocycles. The molecule has 6 nitrogen and oxygen atoms in total. The average molecular weight is 453 g/mol. The normalized spacial score (nSPS) is 13.7. The molecule has 0 atom stereocenters. The van der Waals surface area contributed by atoms with Gasteiger partial charge < -0.3 is 10.2 Å². The predicted octanol–water partition coefficient (Wildman–Crippen LogP) is 4.25. The fourth-order valence-corrected chi connectivity index (χ4v) is 3.93. The standard InChI is InChI=1S/C22H21BrN4O2/c1-15-12-17(23)8-9-18(15)24-21(28)19-13-20-22(29)26(10-5-11-27(20)25-19)14-16-6-3-2-4-7-16/h2-4,6-9,12-13H,5,10-11,14H2,1H3,(H,24,28). The second-order valence-corrected chi connectivity index (χ2v) is 8.03. The summed E-state index contributed by atoms with van der Waals surface area (Å²) < 4.78 is 2.60. The van der Waals surface area contributed by atoms with Crippen LogP contribution in [0.25, 0.3) is 0 Å². The third-order valence-corrected chi connectivity index (χ3v) is 5.46. The zero-order chi connectivity index (χ0) is 20.4. The van der Waals surface area contributed by atoms with E-state index in [1.165, 1.54) is 0 Å². The molecule has 7 heteroatoms. The van der Waals surface area contributed by atoms with Crippen LogP contribution < -0.4 is 5.32 Å². The van der Waals surface area contributed by atoms with Crippen molar-refractivity contribution in [3.05, 3.63) is 81.6 Å². The summed E-state index contributed by atoms with van der Waals surface area (Å²) in [6, 6.07) is 17.1. The second kappa shape index (κ2) is 8.21. The minimum Gasteiger partial charge on any atom is -0.333 e. The quantitative estimate of drug-likeness (QED) is 0.642. The maximum absolute atomic E-state index is 13.1. The van der Waals surface area contributed by atoms with Crippen molar-refractivity contribution in [2.75, 3.05) is 11.9 Å². The Morgan fingerprint density at radius 1 is 1.14 bits per heavy atom. The van der Waals surface area contributed by atoms with Crippen molar-refractivity contribution in [3.8, 4) is 0 Å². The number of hydrogen-bond donors (Lipinski definition) is 1. The maximum atomic E-state index is 13.1. The first-order valence-corrected chi connectivity index (χ1v) is 10.3. The Balaban J connectivity index is 1.54. The van der Waals surface area contributed by atoms with Crippen LogP contribution in [0.5, 0.6) is 0 Å². The molecule has 2 heterocycles. The van der Waals surface area contributed by atoms with Crippen LogP contribution in [-0.4, -0.2) is 33.0 Å². The van der Waals surface area contributed by atoms with E-state index in [2.05, 4.69) is 26.3 Å². The van der Waals surface area contributed by atoms with Crippen molar-refractivity contribution in [2.24, 2.45) is 0 Å². The van der Waals surface area contributed by atoms with Crippen LogP contribution in [0.2, 0.25) is 0 Å². The summed E-state index contributed by atoms with van der Waals surface area (Å²) >= 11 is 3.42. The molecule has 4 rings (SSSR count). The van der Waals surface area contributed by atoms with Crippen molar-refractivity contribution in [2.45, 2.75) is 26.4 Å². The molecule has 0 saturated heterocycles. The lowest BCUT2D eigenvalue weighted by molar-refractivity contribution is 0.0745. The molecule has 1 aromatic heterocycles. The number of aryl methyl sites for hydroxylation is 2. The van der Waals surface area contributed by atoms with E-state index in [0.29, 0.717) is 25.3 Å². The van der Waals surface area contributed by atoms with Crippen LogP contribution in [0.3, 0.4) is 0 Å². The van der Waals surface area contributed by atoms with E-state index in [1.54, 1.807) is 10.7 Å². The van der Waals surface area contributed by atoms with Crippen molar-refractivity contribution < 1.29 is 9.59 Å². The van der Waals surface area contributed by atoms with E-state index < -0.39 is 0 Å². The van der Waals surface area contributed by atoms with Crippen LogP contribution in [0.4, 0.5) is 5.69 Å². The number of benzene rings is 2. The van der Waals surface area contributed by atoms with Crippen molar-refractivity contribution >= 4 is 33.4 Å². The number of fused-ring (bicyclic) bond motifs is 1. The largest absolute Gasteiger partial charge is 0.333 e. The molecule has 0 fully saturated rings. The molecule has 2 aromatic carbocycles. The first-order valence-electron chi connectivity index (χ1n) is 9.50. The van der Waals surface area contributed by atoms with Crippen LogP contribution >= 0.6 is 15.9 Å². The van der Waals surface area contributed by atoms with Gasteiger partial charge in [-0.2, -0.15) is 5.10 Å². The predicted molar refractivity (Wildman–Crippen MR) is 115 cm³/mol. The molecule has 29 heavy (non-hydrogen) atoms. The fourth-order valence-electron chi connectivity index (χ4n) is 3.45. The minimum absolute atomic E-state index is 0.0993. The van der Waals surface area contributed by atoms with Crippen LogP contribution in [0.15, 0.2) is 59.1 Å². The summed E-state index contributed by atoms with van der Waals surface area (Å²) in [6.45, 7) is 3.74. The number of aromatic nitrogens is 2. The summed E-state index contributed by atoms with van der Waals surface area (Å²) in [5, 5.41) is 7.28. The Hall–Kier alpha value is -2.93. The highest BCUT2D eigenvalue weighted by Crippen LogP contribution is 2.21. The molecule has 148 valence electrons. The van der Waals surface area contributed by atoms with Crippen molar-refractivity contribution in [1.29, 1.82) is 0 Å². The van der Waals surface area contributed by atoms with E-state index in [9.17, 15) is 9.59 Å². The lowest BCUT2D eigenvalue weighted by atomic mass is 10.2. The molecule has 0 spiro atoms. The van der Waals surface area contributed by atoms with Crippen LogP contribution in [0.1, 0.15) is 38.5 Å². The first-order chi connectivity index (χ1) is 14.0. The zero-order valence-electron chi connectivity index (χ0n) is 16.1. The van der Waals surface area contributed by atoms with Crippen LogP contribution in [0, 0.1) is 6.92 Å². The van der Waals surface area contributed by atoms with Gasteiger partial charge in [-0.1, -0.05) is 46.3 Å². The van der Waals surface area contributed by atoms with Gasteiger partial charge in [0.15, 0.2) is 5.69 Å². The van der Waals surface area contributed by atoms with E-state index in [0.717, 1.165) is 27.7 Å². The molecule has 1 N–H and O–H groups in total. The summed E-state index contributed by atoms with van der Waals surface area (Å²) in [5.74, 6) is -0.420. The summed E-state index contributed by atoms with van der Waals surface area (Å²) in [6.07, 6.45) is 0.792. The zero-order valence-corrected chi connectivity index (χ0v) is 17.6. The topological polar surface area (TPSA) is 67.2 Å². The second-order valence-electron chi connectivity index (χ2n) is 7.12. The van der Waals surface area contributed by atoms with E-state index in [1.807, 2.05) is 60.4 Å². The molecule has 0 saturated carbocycles. The highest BCUT2D eigenvalue weighted by Gasteiger charge is 2.26. The lowest BCUT2D eigenvalue weighted by Crippen LogP contribution is -2.30. The highest BCUT2D eigenvalue weighted by molar-refractivity contribution is 9.10. The Bertz CT molecular complexity index is 1060. The summed E-state index contributed by atoms with van der Waals surface area (Å²) in [7, 11) is 0. The number of nitrogens with one attached hydrogen (secondary N) is 1. The maximum Gasteiger partial charge on any atom is 0.276 e. The summed E-state index contributed by atoms with van der Waals surface area (Å²) in [5.41, 5.74) is 3.45. The van der Waals surface area contributed by atoms with Gasteiger partial charge in [0.25, 0.3) is 11.8 Å². The van der Waals surface area contributed by atoms with Crippen molar-refractivity contribution in [1.82, 2.24) is 14.7 Å². The van der Waals surface area contributed by atoms with Gasteiger partial charge in [0, 0.05) is 35.9 Å². The fraction of sp³-hybridized carbons (Fsp3) is 0.227. The Morgan fingerprint density at radius 3 is 2.69 bits per heavy atom. The van der Waals surface area contributed by atoms with Gasteiger partial charge in [-0.3, -0.25) is 14.3 Å². The molecule has 1 aliphatic rings. The smallest absolute Gasteiger partial charge is 0.276 e. The molecular formula is C22H21BrN4O2. The van der Waals surface area contributed by atoms with Gasteiger partial charge in [0.05, 0.1) is 0 Å². The monoisotopic (exact) mass is 452 g/mol. The van der Waals surface area contributed by atoms with E-state index in [4.69, 9.17) is 0 Å². The number of carbonyl (C=O) groups excluding carboxylic acids is 2. The van der Waals surface area contributed by atoms with Gasteiger partial charge in [-0.05, 0) is 42.7 Å². The Kier molecular flexibility index (Phi) is 5.49.